The number of hydrogen-bond acceptors (Lipinski definition) is 4. The Morgan fingerprint density at radius 1 is 1.44 bits per heavy atom. The smallest absolute Gasteiger partial charge is 0.337 e. The predicted octanol–water partition coefficient (Wildman–Crippen LogP) is 1.99. The SMILES string of the molecule is COC(=O)c1ccc2c(c1)NC(CCBr)C(=O)N2. The van der Waals surface area contributed by atoms with Gasteiger partial charge in [0.1, 0.15) is 6.04 Å². The highest BCUT2D eigenvalue weighted by Crippen LogP contribution is 2.28. The number of esters is 1. The largest absolute Gasteiger partial charge is 0.465 e. The van der Waals surface area contributed by atoms with Gasteiger partial charge in [-0.2, -0.15) is 0 Å². The maximum atomic E-state index is 11.7. The topological polar surface area (TPSA) is 67.4 Å². The van der Waals surface area contributed by atoms with Crippen LogP contribution in [-0.2, 0) is 9.53 Å². The number of methoxy groups -OCH3 is 1. The summed E-state index contributed by atoms with van der Waals surface area (Å²) in [5.41, 5.74) is 1.87. The van der Waals surface area contributed by atoms with Gasteiger partial charge in [-0.15, -0.1) is 0 Å². The van der Waals surface area contributed by atoms with E-state index in [9.17, 15) is 9.59 Å². The Morgan fingerprint density at radius 2 is 2.22 bits per heavy atom. The molecule has 0 aromatic heterocycles. The minimum absolute atomic E-state index is 0.0623. The lowest BCUT2D eigenvalue weighted by Gasteiger charge is -2.26. The van der Waals surface area contributed by atoms with E-state index in [1.807, 2.05) is 0 Å². The maximum Gasteiger partial charge on any atom is 0.337 e. The number of ether oxygens (including phenoxy) is 1. The van der Waals surface area contributed by atoms with Gasteiger partial charge < -0.3 is 15.4 Å². The first kappa shape index (κ1) is 12.9. The van der Waals surface area contributed by atoms with Crippen molar-refractivity contribution < 1.29 is 14.3 Å². The molecular formula is C12H13BrN2O3. The Morgan fingerprint density at radius 3 is 2.89 bits per heavy atom. The van der Waals surface area contributed by atoms with Crippen molar-refractivity contribution in [2.45, 2.75) is 12.5 Å². The van der Waals surface area contributed by atoms with Crippen LogP contribution in [0.2, 0.25) is 0 Å². The lowest BCUT2D eigenvalue weighted by atomic mass is 10.1. The summed E-state index contributed by atoms with van der Waals surface area (Å²) < 4.78 is 4.66. The van der Waals surface area contributed by atoms with Gasteiger partial charge in [-0.05, 0) is 24.6 Å². The van der Waals surface area contributed by atoms with E-state index in [1.165, 1.54) is 7.11 Å². The third kappa shape index (κ3) is 2.48. The molecule has 0 fully saturated rings. The van der Waals surface area contributed by atoms with E-state index < -0.39 is 5.97 Å². The van der Waals surface area contributed by atoms with Gasteiger partial charge in [0.2, 0.25) is 5.91 Å². The summed E-state index contributed by atoms with van der Waals surface area (Å²) in [5, 5.41) is 6.65. The number of amides is 1. The lowest BCUT2D eigenvalue weighted by molar-refractivity contribution is -0.117. The van der Waals surface area contributed by atoms with Crippen molar-refractivity contribution in [3.63, 3.8) is 0 Å². The van der Waals surface area contributed by atoms with Gasteiger partial charge in [0.15, 0.2) is 0 Å². The Balaban J connectivity index is 2.28. The standard InChI is InChI=1S/C12H13BrN2O3/c1-18-12(17)7-2-3-8-10(6-7)14-9(4-5-13)11(16)15-8/h2-3,6,9,14H,4-5H2,1H3,(H,15,16). The third-order valence-electron chi connectivity index (χ3n) is 2.74. The first-order chi connectivity index (χ1) is 8.65. The first-order valence-corrected chi connectivity index (χ1v) is 6.63. The average molecular weight is 313 g/mol. The lowest BCUT2D eigenvalue weighted by Crippen LogP contribution is -2.39. The fourth-order valence-electron chi connectivity index (χ4n) is 1.80. The molecule has 1 aliphatic rings. The summed E-state index contributed by atoms with van der Waals surface area (Å²) in [7, 11) is 1.34. The van der Waals surface area contributed by atoms with Crippen molar-refractivity contribution in [3.05, 3.63) is 23.8 Å². The second-order valence-electron chi connectivity index (χ2n) is 3.92. The van der Waals surface area contributed by atoms with Crippen molar-refractivity contribution in [2.24, 2.45) is 0 Å². The highest BCUT2D eigenvalue weighted by Gasteiger charge is 2.25. The molecule has 1 aromatic carbocycles. The molecule has 1 aliphatic heterocycles. The van der Waals surface area contributed by atoms with E-state index in [2.05, 4.69) is 31.3 Å². The third-order valence-corrected chi connectivity index (χ3v) is 3.20. The van der Waals surface area contributed by atoms with Gasteiger partial charge in [-0.25, -0.2) is 4.79 Å². The van der Waals surface area contributed by atoms with E-state index in [0.29, 0.717) is 17.7 Å². The number of fused-ring (bicyclic) bond motifs is 1. The van der Waals surface area contributed by atoms with Crippen molar-refractivity contribution >= 4 is 39.2 Å². The van der Waals surface area contributed by atoms with Crippen LogP contribution in [0.15, 0.2) is 18.2 Å². The Kier molecular flexibility index (Phi) is 3.86. The molecule has 1 amide bonds. The molecule has 0 aliphatic carbocycles. The maximum absolute atomic E-state index is 11.7. The molecule has 6 heteroatoms. The molecule has 0 spiro atoms. The number of carbonyl (C=O) groups excluding carboxylic acids is 2. The number of halogens is 1. The minimum atomic E-state index is -0.395. The molecule has 96 valence electrons. The van der Waals surface area contributed by atoms with Crippen LogP contribution >= 0.6 is 15.9 Å². The van der Waals surface area contributed by atoms with Gasteiger partial charge in [0, 0.05) is 5.33 Å². The number of benzene rings is 1. The fourth-order valence-corrected chi connectivity index (χ4v) is 2.26. The molecule has 1 aromatic rings. The van der Waals surface area contributed by atoms with E-state index >= 15 is 0 Å². The van der Waals surface area contributed by atoms with Crippen LogP contribution in [0, 0.1) is 0 Å². The molecule has 0 bridgehead atoms. The number of alkyl halides is 1. The summed E-state index contributed by atoms with van der Waals surface area (Å²) in [6.45, 7) is 0. The van der Waals surface area contributed by atoms with Gasteiger partial charge in [-0.1, -0.05) is 15.9 Å². The summed E-state index contributed by atoms with van der Waals surface area (Å²) in [5.74, 6) is -0.457. The van der Waals surface area contributed by atoms with Gasteiger partial charge in [-0.3, -0.25) is 4.79 Å². The Labute approximate surface area is 113 Å². The number of hydrogen-bond donors (Lipinski definition) is 2. The van der Waals surface area contributed by atoms with Gasteiger partial charge in [0.25, 0.3) is 0 Å². The van der Waals surface area contributed by atoms with E-state index in [4.69, 9.17) is 0 Å². The number of anilines is 2. The zero-order chi connectivity index (χ0) is 13.1. The fraction of sp³-hybridized carbons (Fsp3) is 0.333. The molecule has 1 heterocycles. The van der Waals surface area contributed by atoms with Crippen LogP contribution in [0.3, 0.4) is 0 Å². The molecule has 0 radical (unpaired) electrons. The minimum Gasteiger partial charge on any atom is -0.465 e. The summed E-state index contributed by atoms with van der Waals surface area (Å²) in [6, 6.07) is 4.71. The molecule has 2 N–H and O–H groups in total. The molecule has 0 saturated carbocycles. The van der Waals surface area contributed by atoms with Crippen molar-refractivity contribution in [3.8, 4) is 0 Å². The van der Waals surface area contributed by atoms with Crippen LogP contribution in [-0.4, -0.2) is 30.4 Å². The van der Waals surface area contributed by atoms with Crippen LogP contribution in [0.25, 0.3) is 0 Å². The normalized spacial score (nSPS) is 17.4. The highest BCUT2D eigenvalue weighted by atomic mass is 79.9. The monoisotopic (exact) mass is 312 g/mol. The number of carbonyl (C=O) groups is 2. The van der Waals surface area contributed by atoms with Crippen molar-refractivity contribution in [1.29, 1.82) is 0 Å². The van der Waals surface area contributed by atoms with Crippen LogP contribution < -0.4 is 10.6 Å². The van der Waals surface area contributed by atoms with Crippen LogP contribution in [0.1, 0.15) is 16.8 Å². The molecule has 2 rings (SSSR count). The molecule has 18 heavy (non-hydrogen) atoms. The van der Waals surface area contributed by atoms with Crippen LogP contribution in [0.5, 0.6) is 0 Å². The molecule has 0 saturated heterocycles. The second-order valence-corrected chi connectivity index (χ2v) is 4.71. The average Bonchev–Trinajstić information content (AvgIpc) is 2.38. The quantitative estimate of drug-likeness (QED) is 0.661. The van der Waals surface area contributed by atoms with Crippen LogP contribution in [0.4, 0.5) is 11.4 Å². The van der Waals surface area contributed by atoms with E-state index in [-0.39, 0.29) is 11.9 Å². The summed E-state index contributed by atoms with van der Waals surface area (Å²) in [4.78, 5) is 23.2. The zero-order valence-electron chi connectivity index (χ0n) is 9.83. The number of rotatable bonds is 3. The summed E-state index contributed by atoms with van der Waals surface area (Å²) in [6.07, 6.45) is 0.674. The first-order valence-electron chi connectivity index (χ1n) is 5.51. The van der Waals surface area contributed by atoms with E-state index in [1.54, 1.807) is 18.2 Å². The molecular weight excluding hydrogens is 300 g/mol. The van der Waals surface area contributed by atoms with E-state index in [0.717, 1.165) is 11.0 Å². The molecule has 1 unspecified atom stereocenters. The van der Waals surface area contributed by atoms with Crippen molar-refractivity contribution in [2.75, 3.05) is 23.1 Å². The Bertz CT molecular complexity index is 490. The molecule has 1 atom stereocenters. The van der Waals surface area contributed by atoms with Crippen molar-refractivity contribution in [1.82, 2.24) is 0 Å². The summed E-state index contributed by atoms with van der Waals surface area (Å²) >= 11 is 3.31. The number of nitrogens with one attached hydrogen (secondary N) is 2. The Hall–Kier alpha value is -1.56. The van der Waals surface area contributed by atoms with Gasteiger partial charge in [0.05, 0.1) is 24.0 Å². The second kappa shape index (κ2) is 5.39. The molecule has 5 nitrogen and oxygen atoms in total. The van der Waals surface area contributed by atoms with Gasteiger partial charge >= 0.3 is 5.97 Å². The predicted molar refractivity (Wildman–Crippen MR) is 72.2 cm³/mol. The zero-order valence-corrected chi connectivity index (χ0v) is 11.4. The highest BCUT2D eigenvalue weighted by molar-refractivity contribution is 9.09.